The molecule has 0 radical (unpaired) electrons. The maximum atomic E-state index is 11.9. The van der Waals surface area contributed by atoms with E-state index >= 15 is 0 Å². The molecule has 0 unspecified atom stereocenters. The molecule has 4 nitrogen and oxygen atoms in total. The first-order valence-corrected chi connectivity index (χ1v) is 7.88. The van der Waals surface area contributed by atoms with Gasteiger partial charge in [0.15, 0.2) is 0 Å². The van der Waals surface area contributed by atoms with Gasteiger partial charge in [0, 0.05) is 16.6 Å². The topological polar surface area (TPSA) is 61.4 Å². The molecule has 1 aliphatic rings. The quantitative estimate of drug-likeness (QED) is 0.791. The van der Waals surface area contributed by atoms with Gasteiger partial charge in [0.05, 0.1) is 12.1 Å². The first-order chi connectivity index (χ1) is 9.95. The molecule has 0 aliphatic heterocycles. The van der Waals surface area contributed by atoms with Crippen molar-refractivity contribution in [2.75, 3.05) is 6.54 Å². The summed E-state index contributed by atoms with van der Waals surface area (Å²) in [6, 6.07) is 4.79. The molecular weight excluding hydrogens is 311 g/mol. The molecule has 6 heteroatoms. The van der Waals surface area contributed by atoms with Crippen LogP contribution in [0.15, 0.2) is 18.2 Å². The first-order valence-electron chi connectivity index (χ1n) is 7.13. The average Bonchev–Trinajstić information content (AvgIpc) is 2.82. The lowest BCUT2D eigenvalue weighted by molar-refractivity contribution is 0.177. The van der Waals surface area contributed by atoms with Crippen molar-refractivity contribution in [3.8, 4) is 0 Å². The van der Waals surface area contributed by atoms with Gasteiger partial charge in [0.1, 0.15) is 0 Å². The number of hydrogen-bond donors (Lipinski definition) is 3. The van der Waals surface area contributed by atoms with Crippen molar-refractivity contribution >= 4 is 29.2 Å². The molecule has 0 aromatic heterocycles. The van der Waals surface area contributed by atoms with Gasteiger partial charge in [-0.2, -0.15) is 0 Å². The van der Waals surface area contributed by atoms with E-state index in [4.69, 9.17) is 23.2 Å². The Morgan fingerprint density at radius 2 is 2.19 bits per heavy atom. The second-order valence-corrected chi connectivity index (χ2v) is 6.42. The van der Waals surface area contributed by atoms with Gasteiger partial charge in [-0.25, -0.2) is 4.79 Å². The van der Waals surface area contributed by atoms with Crippen LogP contribution < -0.4 is 10.6 Å². The Bertz CT molecular complexity index is 510. The van der Waals surface area contributed by atoms with Gasteiger partial charge in [-0.15, -0.1) is 0 Å². The van der Waals surface area contributed by atoms with Crippen molar-refractivity contribution in [3.05, 3.63) is 33.8 Å². The Balaban J connectivity index is 1.81. The molecule has 3 atom stereocenters. The van der Waals surface area contributed by atoms with Gasteiger partial charge < -0.3 is 15.7 Å². The van der Waals surface area contributed by atoms with E-state index in [1.54, 1.807) is 12.1 Å². The van der Waals surface area contributed by atoms with Crippen molar-refractivity contribution in [3.63, 3.8) is 0 Å². The zero-order valence-corrected chi connectivity index (χ0v) is 13.4. The van der Waals surface area contributed by atoms with Crippen LogP contribution in [0.3, 0.4) is 0 Å². The molecule has 1 aromatic carbocycles. The molecule has 0 bridgehead atoms. The Hall–Kier alpha value is -0.970. The number of hydrogen-bond acceptors (Lipinski definition) is 2. The van der Waals surface area contributed by atoms with Crippen LogP contribution in [0.5, 0.6) is 0 Å². The fourth-order valence-electron chi connectivity index (χ4n) is 2.65. The Labute approximate surface area is 134 Å². The van der Waals surface area contributed by atoms with Crippen molar-refractivity contribution in [2.45, 2.75) is 38.3 Å². The van der Waals surface area contributed by atoms with E-state index in [9.17, 15) is 9.90 Å². The van der Waals surface area contributed by atoms with Crippen LogP contribution in [0, 0.1) is 5.92 Å². The average molecular weight is 331 g/mol. The summed E-state index contributed by atoms with van der Waals surface area (Å²) in [5.74, 6) is 0.361. The van der Waals surface area contributed by atoms with Gasteiger partial charge >= 0.3 is 6.03 Å². The Kier molecular flexibility index (Phi) is 5.73. The smallest absolute Gasteiger partial charge is 0.315 e. The van der Waals surface area contributed by atoms with Gasteiger partial charge in [-0.05, 0) is 49.8 Å². The summed E-state index contributed by atoms with van der Waals surface area (Å²) >= 11 is 12.0. The number of urea groups is 1. The third-order valence-electron chi connectivity index (χ3n) is 3.84. The normalized spacial score (nSPS) is 22.9. The van der Waals surface area contributed by atoms with E-state index in [0.717, 1.165) is 24.8 Å². The highest BCUT2D eigenvalue weighted by Crippen LogP contribution is 2.26. The van der Waals surface area contributed by atoms with Gasteiger partial charge in [-0.1, -0.05) is 29.3 Å². The predicted octanol–water partition coefficient (Wildman–Crippen LogP) is 3.51. The number of aliphatic hydroxyl groups excluding tert-OH is 1. The van der Waals surface area contributed by atoms with Crippen LogP contribution in [0.1, 0.15) is 37.8 Å². The number of carbonyl (C=O) groups excluding carboxylic acids is 1. The summed E-state index contributed by atoms with van der Waals surface area (Å²) in [5, 5.41) is 16.3. The van der Waals surface area contributed by atoms with Crippen LogP contribution in [0.2, 0.25) is 10.0 Å². The fourth-order valence-corrected chi connectivity index (χ4v) is 3.22. The number of halogens is 2. The molecule has 0 heterocycles. The molecule has 1 fully saturated rings. The maximum Gasteiger partial charge on any atom is 0.315 e. The minimum absolute atomic E-state index is 0.205. The summed E-state index contributed by atoms with van der Waals surface area (Å²) in [6.07, 6.45) is 2.33. The molecule has 2 rings (SSSR count). The van der Waals surface area contributed by atoms with E-state index in [1.165, 1.54) is 0 Å². The zero-order chi connectivity index (χ0) is 15.4. The molecule has 0 spiro atoms. The van der Waals surface area contributed by atoms with E-state index in [2.05, 4.69) is 10.6 Å². The lowest BCUT2D eigenvalue weighted by Gasteiger charge is -2.17. The number of nitrogens with one attached hydrogen (secondary N) is 2. The Morgan fingerprint density at radius 1 is 1.43 bits per heavy atom. The highest BCUT2D eigenvalue weighted by atomic mass is 35.5. The summed E-state index contributed by atoms with van der Waals surface area (Å²) in [4.78, 5) is 11.9. The van der Waals surface area contributed by atoms with Crippen molar-refractivity contribution in [1.29, 1.82) is 0 Å². The second-order valence-electron chi connectivity index (χ2n) is 5.57. The van der Waals surface area contributed by atoms with Crippen molar-refractivity contribution in [2.24, 2.45) is 5.92 Å². The number of rotatable bonds is 4. The molecule has 0 saturated heterocycles. The molecule has 21 heavy (non-hydrogen) atoms. The lowest BCUT2D eigenvalue weighted by atomic mass is 10.1. The molecule has 3 N–H and O–H groups in total. The summed E-state index contributed by atoms with van der Waals surface area (Å²) in [6.45, 7) is 2.46. The number of amides is 2. The standard InChI is InChI=1S/C15H20Cl2N2O2/c1-9(13-5-3-11(16)7-14(13)17)19-15(21)18-8-10-2-4-12(20)6-10/h3,5,7,9-10,12,20H,2,4,6,8H2,1H3,(H2,18,19,21)/t9-,10-,12+/m0/s1. The van der Waals surface area contributed by atoms with Crippen LogP contribution in [0.25, 0.3) is 0 Å². The van der Waals surface area contributed by atoms with E-state index in [0.29, 0.717) is 22.5 Å². The molecular formula is C15H20Cl2N2O2. The van der Waals surface area contributed by atoms with Crippen LogP contribution in [-0.4, -0.2) is 23.8 Å². The summed E-state index contributed by atoms with van der Waals surface area (Å²) in [7, 11) is 0. The van der Waals surface area contributed by atoms with Gasteiger partial charge in [0.25, 0.3) is 0 Å². The number of carbonyl (C=O) groups is 1. The second kappa shape index (κ2) is 7.34. The van der Waals surface area contributed by atoms with E-state index in [1.807, 2.05) is 13.0 Å². The number of benzene rings is 1. The van der Waals surface area contributed by atoms with Crippen LogP contribution in [0.4, 0.5) is 4.79 Å². The van der Waals surface area contributed by atoms with Crippen molar-refractivity contribution in [1.82, 2.24) is 10.6 Å². The molecule has 1 saturated carbocycles. The van der Waals surface area contributed by atoms with E-state index in [-0.39, 0.29) is 18.2 Å². The number of aliphatic hydroxyl groups is 1. The molecule has 116 valence electrons. The first kappa shape index (κ1) is 16.4. The summed E-state index contributed by atoms with van der Waals surface area (Å²) < 4.78 is 0. The minimum atomic E-state index is -0.227. The highest BCUT2D eigenvalue weighted by Gasteiger charge is 2.23. The fraction of sp³-hybridized carbons (Fsp3) is 0.533. The van der Waals surface area contributed by atoms with Crippen LogP contribution in [-0.2, 0) is 0 Å². The lowest BCUT2D eigenvalue weighted by Crippen LogP contribution is -2.39. The Morgan fingerprint density at radius 3 is 2.81 bits per heavy atom. The van der Waals surface area contributed by atoms with Gasteiger partial charge in [0.2, 0.25) is 0 Å². The SMILES string of the molecule is C[C@H](NC(=O)NC[C@H]1CC[C@@H](O)C1)c1ccc(Cl)cc1Cl. The van der Waals surface area contributed by atoms with Gasteiger partial charge in [-0.3, -0.25) is 0 Å². The maximum absolute atomic E-state index is 11.9. The third-order valence-corrected chi connectivity index (χ3v) is 4.40. The van der Waals surface area contributed by atoms with Crippen molar-refractivity contribution < 1.29 is 9.90 Å². The molecule has 2 amide bonds. The third kappa shape index (κ3) is 4.77. The molecule has 1 aliphatic carbocycles. The zero-order valence-electron chi connectivity index (χ0n) is 11.9. The van der Waals surface area contributed by atoms with Crippen LogP contribution >= 0.6 is 23.2 Å². The monoisotopic (exact) mass is 330 g/mol. The summed E-state index contributed by atoms with van der Waals surface area (Å²) in [5.41, 5.74) is 0.826. The van der Waals surface area contributed by atoms with E-state index < -0.39 is 0 Å². The highest BCUT2D eigenvalue weighted by molar-refractivity contribution is 6.35. The minimum Gasteiger partial charge on any atom is -0.393 e. The molecule has 1 aromatic rings. The largest absolute Gasteiger partial charge is 0.393 e. The predicted molar refractivity (Wildman–Crippen MR) is 84.8 cm³/mol.